The number of anilines is 1. The molecular formula is C13H14BrN3O2. The zero-order valence-corrected chi connectivity index (χ0v) is 12.1. The standard InChI is InChI=1S/C13H14BrN3O2/c1-2-16-7-3-4-11(16)9-15-10-5-6-12(14)13(8-10)17(18)19/h3-8,15H,2,9H2,1H3. The molecule has 0 bridgehead atoms. The lowest BCUT2D eigenvalue weighted by atomic mass is 10.2. The normalized spacial score (nSPS) is 10.4. The summed E-state index contributed by atoms with van der Waals surface area (Å²) >= 11 is 3.17. The van der Waals surface area contributed by atoms with E-state index >= 15 is 0 Å². The number of benzene rings is 1. The number of hydrogen-bond donors (Lipinski definition) is 1. The van der Waals surface area contributed by atoms with E-state index in [9.17, 15) is 10.1 Å². The maximum absolute atomic E-state index is 10.9. The molecule has 0 aliphatic rings. The number of aryl methyl sites for hydroxylation is 1. The molecule has 5 nitrogen and oxygen atoms in total. The van der Waals surface area contributed by atoms with Crippen LogP contribution in [0.15, 0.2) is 41.0 Å². The van der Waals surface area contributed by atoms with Crippen LogP contribution in [0.3, 0.4) is 0 Å². The summed E-state index contributed by atoms with van der Waals surface area (Å²) in [6, 6.07) is 9.05. The zero-order valence-electron chi connectivity index (χ0n) is 10.5. The highest BCUT2D eigenvalue weighted by Crippen LogP contribution is 2.28. The van der Waals surface area contributed by atoms with Crippen LogP contribution in [0.2, 0.25) is 0 Å². The summed E-state index contributed by atoms with van der Waals surface area (Å²) in [6.07, 6.45) is 2.01. The molecule has 0 aliphatic heterocycles. The molecule has 0 saturated carbocycles. The van der Waals surface area contributed by atoms with Crippen molar-refractivity contribution >= 4 is 27.3 Å². The Kier molecular flexibility index (Phi) is 4.21. The third-order valence-corrected chi connectivity index (χ3v) is 3.55. The molecule has 6 heteroatoms. The van der Waals surface area contributed by atoms with Gasteiger partial charge >= 0.3 is 0 Å². The second kappa shape index (κ2) is 5.88. The second-order valence-electron chi connectivity index (χ2n) is 4.06. The first-order chi connectivity index (χ1) is 9.11. The van der Waals surface area contributed by atoms with E-state index in [1.54, 1.807) is 6.07 Å². The first kappa shape index (κ1) is 13.6. The number of nitrogens with zero attached hydrogens (tertiary/aromatic N) is 2. The van der Waals surface area contributed by atoms with Crippen LogP contribution < -0.4 is 5.32 Å². The quantitative estimate of drug-likeness (QED) is 0.672. The molecule has 19 heavy (non-hydrogen) atoms. The highest BCUT2D eigenvalue weighted by molar-refractivity contribution is 9.10. The van der Waals surface area contributed by atoms with Gasteiger partial charge in [-0.3, -0.25) is 10.1 Å². The van der Waals surface area contributed by atoms with Crippen LogP contribution in [-0.2, 0) is 13.1 Å². The highest BCUT2D eigenvalue weighted by Gasteiger charge is 2.12. The number of rotatable bonds is 5. The Morgan fingerprint density at radius 1 is 1.42 bits per heavy atom. The van der Waals surface area contributed by atoms with E-state index in [1.807, 2.05) is 24.4 Å². The van der Waals surface area contributed by atoms with E-state index in [0.29, 0.717) is 11.0 Å². The summed E-state index contributed by atoms with van der Waals surface area (Å²) in [5.74, 6) is 0. The van der Waals surface area contributed by atoms with Crippen molar-refractivity contribution in [1.29, 1.82) is 0 Å². The van der Waals surface area contributed by atoms with Crippen LogP contribution in [0, 0.1) is 10.1 Å². The minimum atomic E-state index is -0.399. The molecular weight excluding hydrogens is 310 g/mol. The molecule has 1 aromatic heterocycles. The molecule has 0 amide bonds. The Morgan fingerprint density at radius 3 is 2.89 bits per heavy atom. The fourth-order valence-corrected chi connectivity index (χ4v) is 2.27. The van der Waals surface area contributed by atoms with Gasteiger partial charge in [0.2, 0.25) is 0 Å². The molecule has 0 atom stereocenters. The summed E-state index contributed by atoms with van der Waals surface area (Å²) in [5, 5.41) is 14.0. The summed E-state index contributed by atoms with van der Waals surface area (Å²) in [7, 11) is 0. The van der Waals surface area contributed by atoms with Gasteiger partial charge in [-0.2, -0.15) is 0 Å². The van der Waals surface area contributed by atoms with Gasteiger partial charge < -0.3 is 9.88 Å². The third kappa shape index (κ3) is 3.14. The minimum Gasteiger partial charge on any atom is -0.379 e. The molecule has 0 radical (unpaired) electrons. The van der Waals surface area contributed by atoms with Gasteiger partial charge in [0.05, 0.1) is 15.9 Å². The second-order valence-corrected chi connectivity index (χ2v) is 4.92. The Bertz CT molecular complexity index is 595. The first-order valence-electron chi connectivity index (χ1n) is 5.93. The number of nitrogens with one attached hydrogen (secondary N) is 1. The van der Waals surface area contributed by atoms with Crippen LogP contribution >= 0.6 is 15.9 Å². The van der Waals surface area contributed by atoms with Crippen LogP contribution in [0.5, 0.6) is 0 Å². The van der Waals surface area contributed by atoms with Crippen molar-refractivity contribution in [3.05, 3.63) is 56.8 Å². The summed E-state index contributed by atoms with van der Waals surface area (Å²) in [6.45, 7) is 3.62. The molecule has 0 saturated heterocycles. The molecule has 0 unspecified atom stereocenters. The predicted octanol–water partition coefficient (Wildman–Crippen LogP) is 3.79. The highest BCUT2D eigenvalue weighted by atomic mass is 79.9. The molecule has 100 valence electrons. The molecule has 0 spiro atoms. The molecule has 2 rings (SSSR count). The number of nitro benzene ring substituents is 1. The van der Waals surface area contributed by atoms with E-state index in [4.69, 9.17) is 0 Å². The van der Waals surface area contributed by atoms with E-state index in [2.05, 4.69) is 32.7 Å². The van der Waals surface area contributed by atoms with Crippen molar-refractivity contribution in [2.24, 2.45) is 0 Å². The molecule has 0 fully saturated rings. The van der Waals surface area contributed by atoms with Crippen molar-refractivity contribution in [1.82, 2.24) is 4.57 Å². The van der Waals surface area contributed by atoms with Crippen LogP contribution in [0.25, 0.3) is 0 Å². The number of hydrogen-bond acceptors (Lipinski definition) is 3. The largest absolute Gasteiger partial charge is 0.379 e. The maximum Gasteiger partial charge on any atom is 0.285 e. The van der Waals surface area contributed by atoms with Crippen molar-refractivity contribution < 1.29 is 4.92 Å². The fourth-order valence-electron chi connectivity index (χ4n) is 1.87. The van der Waals surface area contributed by atoms with Crippen LogP contribution in [0.1, 0.15) is 12.6 Å². The van der Waals surface area contributed by atoms with E-state index < -0.39 is 4.92 Å². The van der Waals surface area contributed by atoms with Gasteiger partial charge in [-0.1, -0.05) is 0 Å². The molecule has 0 aliphatic carbocycles. The number of nitro groups is 1. The minimum absolute atomic E-state index is 0.0656. The number of aromatic nitrogens is 1. The molecule has 1 N–H and O–H groups in total. The lowest BCUT2D eigenvalue weighted by Gasteiger charge is -2.09. The lowest BCUT2D eigenvalue weighted by molar-refractivity contribution is -0.385. The van der Waals surface area contributed by atoms with E-state index in [0.717, 1.165) is 17.9 Å². The topological polar surface area (TPSA) is 60.1 Å². The monoisotopic (exact) mass is 323 g/mol. The third-order valence-electron chi connectivity index (χ3n) is 2.88. The predicted molar refractivity (Wildman–Crippen MR) is 78.2 cm³/mol. The van der Waals surface area contributed by atoms with E-state index in [-0.39, 0.29) is 5.69 Å². The van der Waals surface area contributed by atoms with Crippen molar-refractivity contribution in [2.45, 2.75) is 20.0 Å². The van der Waals surface area contributed by atoms with E-state index in [1.165, 1.54) is 6.07 Å². The smallest absolute Gasteiger partial charge is 0.285 e. The molecule has 1 aromatic carbocycles. The Labute approximate surface area is 119 Å². The average molecular weight is 324 g/mol. The van der Waals surface area contributed by atoms with Crippen LogP contribution in [0.4, 0.5) is 11.4 Å². The van der Waals surface area contributed by atoms with Crippen molar-refractivity contribution in [3.8, 4) is 0 Å². The van der Waals surface area contributed by atoms with Gasteiger partial charge in [-0.25, -0.2) is 0 Å². The van der Waals surface area contributed by atoms with Crippen molar-refractivity contribution in [3.63, 3.8) is 0 Å². The zero-order chi connectivity index (χ0) is 13.8. The van der Waals surface area contributed by atoms with Gasteiger partial charge in [0.15, 0.2) is 0 Å². The van der Waals surface area contributed by atoms with Gasteiger partial charge in [0.1, 0.15) is 0 Å². The van der Waals surface area contributed by atoms with Gasteiger partial charge in [-0.15, -0.1) is 0 Å². The number of halogens is 1. The molecule has 1 heterocycles. The SMILES string of the molecule is CCn1cccc1CNc1ccc(Br)c([N+](=O)[O-])c1. The van der Waals surface area contributed by atoms with Gasteiger partial charge in [0, 0.05) is 30.2 Å². The Hall–Kier alpha value is -1.82. The fraction of sp³-hybridized carbons (Fsp3) is 0.231. The Morgan fingerprint density at radius 2 is 2.21 bits per heavy atom. The van der Waals surface area contributed by atoms with Crippen LogP contribution in [-0.4, -0.2) is 9.49 Å². The van der Waals surface area contributed by atoms with Crippen molar-refractivity contribution in [2.75, 3.05) is 5.32 Å². The summed E-state index contributed by atoms with van der Waals surface area (Å²) in [4.78, 5) is 10.5. The lowest BCUT2D eigenvalue weighted by Crippen LogP contribution is -2.06. The average Bonchev–Trinajstić information content (AvgIpc) is 2.84. The first-order valence-corrected chi connectivity index (χ1v) is 6.73. The Balaban J connectivity index is 2.12. The van der Waals surface area contributed by atoms with Gasteiger partial charge in [-0.05, 0) is 47.1 Å². The maximum atomic E-state index is 10.9. The molecule has 2 aromatic rings. The summed E-state index contributed by atoms with van der Waals surface area (Å²) < 4.78 is 2.61. The van der Waals surface area contributed by atoms with Gasteiger partial charge in [0.25, 0.3) is 5.69 Å². The summed E-state index contributed by atoms with van der Waals surface area (Å²) in [5.41, 5.74) is 1.95.